The predicted molar refractivity (Wildman–Crippen MR) is 68.7 cm³/mol. The standard InChI is InChI=1S/C10H10ClFN2O5S/c1-2-3-13-10(15)7-4-6(14(16)17)5-8(9(7)12)20(11,18)19/h4-5H,2-3H2,1H3,(H,13,15). The van der Waals surface area contributed by atoms with E-state index in [2.05, 4.69) is 5.32 Å². The Morgan fingerprint density at radius 2 is 2.10 bits per heavy atom. The third-order valence-corrected chi connectivity index (χ3v) is 3.60. The van der Waals surface area contributed by atoms with E-state index < -0.39 is 41.8 Å². The highest BCUT2D eigenvalue weighted by atomic mass is 35.7. The first kappa shape index (κ1) is 16.3. The van der Waals surface area contributed by atoms with Gasteiger partial charge in [-0.3, -0.25) is 14.9 Å². The molecule has 0 aliphatic carbocycles. The first-order chi connectivity index (χ1) is 9.18. The molecule has 0 saturated carbocycles. The molecule has 0 saturated heterocycles. The second kappa shape index (κ2) is 6.14. The highest BCUT2D eigenvalue weighted by molar-refractivity contribution is 8.13. The lowest BCUT2D eigenvalue weighted by Gasteiger charge is -2.07. The Labute approximate surface area is 118 Å². The summed E-state index contributed by atoms with van der Waals surface area (Å²) in [5, 5.41) is 13.0. The van der Waals surface area contributed by atoms with E-state index >= 15 is 0 Å². The quantitative estimate of drug-likeness (QED) is 0.505. The lowest BCUT2D eigenvalue weighted by molar-refractivity contribution is -0.385. The minimum Gasteiger partial charge on any atom is -0.352 e. The first-order valence-electron chi connectivity index (χ1n) is 5.39. The van der Waals surface area contributed by atoms with Gasteiger partial charge < -0.3 is 5.32 Å². The zero-order valence-electron chi connectivity index (χ0n) is 10.2. The van der Waals surface area contributed by atoms with Crippen LogP contribution in [0.15, 0.2) is 17.0 Å². The zero-order valence-corrected chi connectivity index (χ0v) is 11.8. The van der Waals surface area contributed by atoms with Crippen LogP contribution in [0.4, 0.5) is 10.1 Å². The predicted octanol–water partition coefficient (Wildman–Crippen LogP) is 1.80. The molecule has 0 aliphatic heterocycles. The van der Waals surface area contributed by atoms with Gasteiger partial charge in [0.15, 0.2) is 5.82 Å². The maximum absolute atomic E-state index is 13.9. The van der Waals surface area contributed by atoms with Crippen LogP contribution in [0.3, 0.4) is 0 Å². The van der Waals surface area contributed by atoms with Crippen LogP contribution in [-0.4, -0.2) is 25.8 Å². The van der Waals surface area contributed by atoms with E-state index in [1.54, 1.807) is 6.92 Å². The van der Waals surface area contributed by atoms with Crippen molar-refractivity contribution in [2.75, 3.05) is 6.54 Å². The van der Waals surface area contributed by atoms with Crippen LogP contribution >= 0.6 is 10.7 Å². The Balaban J connectivity index is 3.47. The maximum atomic E-state index is 13.9. The van der Waals surface area contributed by atoms with Crippen molar-refractivity contribution in [1.29, 1.82) is 0 Å². The lowest BCUT2D eigenvalue weighted by atomic mass is 10.1. The molecule has 10 heteroatoms. The first-order valence-corrected chi connectivity index (χ1v) is 7.70. The van der Waals surface area contributed by atoms with Gasteiger partial charge in [0.1, 0.15) is 4.90 Å². The second-order valence-electron chi connectivity index (χ2n) is 3.76. The van der Waals surface area contributed by atoms with Crippen molar-refractivity contribution < 1.29 is 22.5 Å². The lowest BCUT2D eigenvalue weighted by Crippen LogP contribution is -2.25. The van der Waals surface area contributed by atoms with Crippen LogP contribution < -0.4 is 5.32 Å². The highest BCUT2D eigenvalue weighted by Gasteiger charge is 2.27. The van der Waals surface area contributed by atoms with Gasteiger partial charge in [0.05, 0.1) is 10.5 Å². The van der Waals surface area contributed by atoms with Gasteiger partial charge in [0.2, 0.25) is 0 Å². The summed E-state index contributed by atoms with van der Waals surface area (Å²) in [4.78, 5) is 20.3. The third-order valence-electron chi connectivity index (χ3n) is 2.28. The molecule has 20 heavy (non-hydrogen) atoms. The summed E-state index contributed by atoms with van der Waals surface area (Å²) in [6.07, 6.45) is 0.558. The van der Waals surface area contributed by atoms with E-state index in [9.17, 15) is 27.7 Å². The van der Waals surface area contributed by atoms with E-state index in [4.69, 9.17) is 10.7 Å². The summed E-state index contributed by atoms with van der Waals surface area (Å²) >= 11 is 0. The summed E-state index contributed by atoms with van der Waals surface area (Å²) < 4.78 is 36.3. The molecular weight excluding hydrogens is 315 g/mol. The number of benzene rings is 1. The molecule has 1 rings (SSSR count). The van der Waals surface area contributed by atoms with Crippen molar-refractivity contribution in [3.05, 3.63) is 33.6 Å². The maximum Gasteiger partial charge on any atom is 0.271 e. The monoisotopic (exact) mass is 324 g/mol. The van der Waals surface area contributed by atoms with Gasteiger partial charge in [-0.15, -0.1) is 0 Å². The number of nitro groups is 1. The van der Waals surface area contributed by atoms with Crippen LogP contribution in [0.25, 0.3) is 0 Å². The van der Waals surface area contributed by atoms with Crippen molar-refractivity contribution in [2.45, 2.75) is 18.2 Å². The topological polar surface area (TPSA) is 106 Å². The number of nitrogens with zero attached hydrogens (tertiary/aromatic N) is 1. The number of nitro benzene ring substituents is 1. The molecule has 0 fully saturated rings. The average molecular weight is 325 g/mol. The van der Waals surface area contributed by atoms with Crippen molar-refractivity contribution >= 4 is 31.3 Å². The van der Waals surface area contributed by atoms with Crippen LogP contribution in [0, 0.1) is 15.9 Å². The number of halogens is 2. The fourth-order valence-electron chi connectivity index (χ4n) is 1.37. The molecule has 0 spiro atoms. The van der Waals surface area contributed by atoms with E-state index in [1.165, 1.54) is 0 Å². The van der Waals surface area contributed by atoms with Crippen LogP contribution in [0.2, 0.25) is 0 Å². The molecule has 7 nitrogen and oxygen atoms in total. The Bertz CT molecular complexity index is 662. The smallest absolute Gasteiger partial charge is 0.271 e. The molecule has 0 bridgehead atoms. The van der Waals surface area contributed by atoms with Gasteiger partial charge in [-0.2, -0.15) is 0 Å². The molecule has 1 aromatic rings. The Kier molecular flexibility index (Phi) is 5.01. The van der Waals surface area contributed by atoms with Crippen LogP contribution in [0.1, 0.15) is 23.7 Å². The minimum absolute atomic E-state index is 0.212. The Morgan fingerprint density at radius 1 is 1.50 bits per heavy atom. The second-order valence-corrected chi connectivity index (χ2v) is 6.29. The van der Waals surface area contributed by atoms with E-state index in [-0.39, 0.29) is 6.54 Å². The molecule has 1 amide bonds. The van der Waals surface area contributed by atoms with Crippen molar-refractivity contribution in [2.24, 2.45) is 0 Å². The number of amides is 1. The summed E-state index contributed by atoms with van der Waals surface area (Å²) in [7, 11) is 0.446. The van der Waals surface area contributed by atoms with Crippen LogP contribution in [-0.2, 0) is 9.05 Å². The van der Waals surface area contributed by atoms with E-state index in [0.717, 1.165) is 0 Å². The molecule has 0 aromatic heterocycles. The van der Waals surface area contributed by atoms with E-state index in [1.807, 2.05) is 0 Å². The number of hydrogen-bond acceptors (Lipinski definition) is 5. The van der Waals surface area contributed by atoms with Gasteiger partial charge in [-0.25, -0.2) is 12.8 Å². The molecule has 1 N–H and O–H groups in total. The summed E-state index contributed by atoms with van der Waals surface area (Å²) in [5.74, 6) is -2.37. The molecule has 0 radical (unpaired) electrons. The SMILES string of the molecule is CCCNC(=O)c1cc([N+](=O)[O-])cc(S(=O)(=O)Cl)c1F. The summed E-state index contributed by atoms with van der Waals surface area (Å²) in [5.41, 5.74) is -1.49. The molecule has 0 heterocycles. The average Bonchev–Trinajstić information content (AvgIpc) is 2.34. The van der Waals surface area contributed by atoms with Crippen molar-refractivity contribution in [1.82, 2.24) is 5.32 Å². The molecule has 1 aromatic carbocycles. The van der Waals surface area contributed by atoms with Crippen LogP contribution in [0.5, 0.6) is 0 Å². The number of hydrogen-bond donors (Lipinski definition) is 1. The van der Waals surface area contributed by atoms with Gasteiger partial charge in [-0.1, -0.05) is 6.92 Å². The summed E-state index contributed by atoms with van der Waals surface area (Å²) in [6.45, 7) is 1.96. The fourth-order valence-corrected chi connectivity index (χ4v) is 2.29. The number of carbonyl (C=O) groups is 1. The summed E-state index contributed by atoms with van der Waals surface area (Å²) in [6, 6.07) is 1.13. The molecule has 0 atom stereocenters. The van der Waals surface area contributed by atoms with E-state index in [0.29, 0.717) is 18.6 Å². The largest absolute Gasteiger partial charge is 0.352 e. The molecule has 110 valence electrons. The van der Waals surface area contributed by atoms with Gasteiger partial charge in [0.25, 0.3) is 20.6 Å². The normalized spacial score (nSPS) is 11.2. The third kappa shape index (κ3) is 3.64. The Morgan fingerprint density at radius 3 is 2.55 bits per heavy atom. The van der Waals surface area contributed by atoms with Crippen molar-refractivity contribution in [3.63, 3.8) is 0 Å². The van der Waals surface area contributed by atoms with Crippen molar-refractivity contribution in [3.8, 4) is 0 Å². The fraction of sp³-hybridized carbons (Fsp3) is 0.300. The molecule has 0 aliphatic rings. The number of nitrogens with one attached hydrogen (secondary N) is 1. The van der Waals surface area contributed by atoms with Gasteiger partial charge in [0, 0.05) is 29.4 Å². The minimum atomic E-state index is -4.55. The Hall–Kier alpha value is -1.74. The number of rotatable bonds is 5. The number of carbonyl (C=O) groups excluding carboxylic acids is 1. The van der Waals surface area contributed by atoms with Gasteiger partial charge >= 0.3 is 0 Å². The zero-order chi connectivity index (χ0) is 15.5. The number of non-ortho nitro benzene ring substituents is 1. The molecular formula is C10H10ClFN2O5S. The van der Waals surface area contributed by atoms with Gasteiger partial charge in [-0.05, 0) is 6.42 Å². The molecule has 0 unspecified atom stereocenters. The highest BCUT2D eigenvalue weighted by Crippen LogP contribution is 2.27.